The summed E-state index contributed by atoms with van der Waals surface area (Å²) in [7, 11) is 3.09. The van der Waals surface area contributed by atoms with Gasteiger partial charge in [0.25, 0.3) is 0 Å². The molecule has 2 aliphatic rings. The van der Waals surface area contributed by atoms with Gasteiger partial charge in [0.1, 0.15) is 11.4 Å². The molecule has 0 N–H and O–H groups in total. The van der Waals surface area contributed by atoms with Crippen LogP contribution in [-0.2, 0) is 4.79 Å². The maximum atomic E-state index is 12.9. The van der Waals surface area contributed by atoms with Crippen molar-refractivity contribution in [1.82, 2.24) is 4.90 Å². The lowest BCUT2D eigenvalue weighted by atomic mass is 9.82. The van der Waals surface area contributed by atoms with Crippen molar-refractivity contribution in [2.75, 3.05) is 33.9 Å². The molecule has 2 heterocycles. The molecule has 2 aromatic rings. The quantitative estimate of drug-likeness (QED) is 0.610. The topological polar surface area (TPSA) is 74.3 Å². The summed E-state index contributed by atoms with van der Waals surface area (Å²) >= 11 is 0. The molecule has 7 nitrogen and oxygen atoms in total. The van der Waals surface area contributed by atoms with Crippen molar-refractivity contribution < 1.29 is 28.5 Å². The van der Waals surface area contributed by atoms with E-state index >= 15 is 0 Å². The van der Waals surface area contributed by atoms with E-state index in [4.69, 9.17) is 18.9 Å². The zero-order chi connectivity index (χ0) is 22.6. The number of hydrogen-bond acceptors (Lipinski definition) is 6. The fourth-order valence-electron chi connectivity index (χ4n) is 4.39. The average Bonchev–Trinajstić information content (AvgIpc) is 2.82. The van der Waals surface area contributed by atoms with Crippen LogP contribution in [0.25, 0.3) is 0 Å². The molecule has 32 heavy (non-hydrogen) atoms. The second-order valence-corrected chi connectivity index (χ2v) is 8.21. The molecule has 0 aliphatic carbocycles. The first kappa shape index (κ1) is 22.0. The van der Waals surface area contributed by atoms with Crippen LogP contribution in [-0.4, -0.2) is 56.1 Å². The van der Waals surface area contributed by atoms with E-state index in [1.54, 1.807) is 19.2 Å². The number of likely N-dealkylation sites (tertiary alicyclic amines) is 1. The van der Waals surface area contributed by atoms with Gasteiger partial charge < -0.3 is 23.8 Å². The highest BCUT2D eigenvalue weighted by Crippen LogP contribution is 2.47. The summed E-state index contributed by atoms with van der Waals surface area (Å²) in [5.74, 6) is 2.37. The summed E-state index contributed by atoms with van der Waals surface area (Å²) in [5, 5.41) is 0. The summed E-state index contributed by atoms with van der Waals surface area (Å²) in [6.45, 7) is 1.63. The van der Waals surface area contributed by atoms with Crippen molar-refractivity contribution in [2.45, 2.75) is 37.7 Å². The fraction of sp³-hybridized carbons (Fsp3) is 0.440. The third-order valence-electron chi connectivity index (χ3n) is 6.18. The first-order valence-corrected chi connectivity index (χ1v) is 11.0. The molecule has 0 atom stereocenters. The zero-order valence-corrected chi connectivity index (χ0v) is 18.6. The summed E-state index contributed by atoms with van der Waals surface area (Å²) in [5.41, 5.74) is -0.0955. The van der Waals surface area contributed by atoms with Gasteiger partial charge in [-0.05, 0) is 30.7 Å². The van der Waals surface area contributed by atoms with Crippen molar-refractivity contribution in [2.24, 2.45) is 0 Å². The van der Waals surface area contributed by atoms with Gasteiger partial charge in [-0.3, -0.25) is 9.59 Å². The molecular formula is C25H29NO6. The van der Waals surface area contributed by atoms with E-state index < -0.39 is 5.60 Å². The minimum Gasteiger partial charge on any atom is -0.494 e. The number of ether oxygens (including phenoxy) is 4. The zero-order valence-electron chi connectivity index (χ0n) is 18.6. The summed E-state index contributed by atoms with van der Waals surface area (Å²) < 4.78 is 22.9. The van der Waals surface area contributed by atoms with Crippen LogP contribution in [0.4, 0.5) is 0 Å². The van der Waals surface area contributed by atoms with Gasteiger partial charge >= 0.3 is 0 Å². The Morgan fingerprint density at radius 2 is 1.81 bits per heavy atom. The number of hydrogen-bond donors (Lipinski definition) is 0. The van der Waals surface area contributed by atoms with Gasteiger partial charge in [-0.15, -0.1) is 0 Å². The van der Waals surface area contributed by atoms with Gasteiger partial charge in [-0.25, -0.2) is 0 Å². The number of para-hydroxylation sites is 1. The standard InChI is InChI=1S/C25H29NO6/c1-29-21-11-10-19-20(27)17-25(32-23(19)24(21)30-2)12-14-26(15-13-25)22(28)9-6-16-31-18-7-4-3-5-8-18/h3-5,7-8,10-11H,6,9,12-17H2,1-2H3. The van der Waals surface area contributed by atoms with E-state index in [1.165, 1.54) is 7.11 Å². The lowest BCUT2D eigenvalue weighted by Crippen LogP contribution is -2.52. The molecule has 0 bridgehead atoms. The predicted octanol–water partition coefficient (Wildman–Crippen LogP) is 3.89. The SMILES string of the molecule is COc1ccc2c(c1OC)OC1(CCN(C(=O)CCCOc3ccccc3)CC1)CC2=O. The number of nitrogens with zero attached hydrogens (tertiary/aromatic N) is 1. The Labute approximate surface area is 188 Å². The molecule has 1 saturated heterocycles. The lowest BCUT2D eigenvalue weighted by molar-refractivity contribution is -0.135. The Balaban J connectivity index is 1.33. The van der Waals surface area contributed by atoms with E-state index in [0.29, 0.717) is 74.6 Å². The molecule has 0 saturated carbocycles. The molecule has 4 rings (SSSR count). The van der Waals surface area contributed by atoms with E-state index in [9.17, 15) is 9.59 Å². The van der Waals surface area contributed by atoms with Gasteiger partial charge in [0, 0.05) is 32.4 Å². The van der Waals surface area contributed by atoms with Crippen molar-refractivity contribution in [3.05, 3.63) is 48.0 Å². The molecule has 1 amide bonds. The van der Waals surface area contributed by atoms with E-state index in [-0.39, 0.29) is 11.7 Å². The highest BCUT2D eigenvalue weighted by Gasteiger charge is 2.45. The number of rotatable bonds is 7. The molecule has 0 aromatic heterocycles. The van der Waals surface area contributed by atoms with Crippen LogP contribution in [0.3, 0.4) is 0 Å². The minimum atomic E-state index is -0.614. The average molecular weight is 440 g/mol. The summed E-state index contributed by atoms with van der Waals surface area (Å²) in [4.78, 5) is 27.4. The Morgan fingerprint density at radius 3 is 2.50 bits per heavy atom. The van der Waals surface area contributed by atoms with Crippen LogP contribution in [0.5, 0.6) is 23.0 Å². The van der Waals surface area contributed by atoms with E-state index in [2.05, 4.69) is 0 Å². The highest BCUT2D eigenvalue weighted by atomic mass is 16.5. The number of carbonyl (C=O) groups is 2. The largest absolute Gasteiger partial charge is 0.494 e. The first-order chi connectivity index (χ1) is 15.5. The van der Waals surface area contributed by atoms with Crippen molar-refractivity contribution in [3.8, 4) is 23.0 Å². The third-order valence-corrected chi connectivity index (χ3v) is 6.18. The number of piperidine rings is 1. The van der Waals surface area contributed by atoms with Crippen LogP contribution < -0.4 is 18.9 Å². The van der Waals surface area contributed by atoms with Crippen LogP contribution >= 0.6 is 0 Å². The van der Waals surface area contributed by atoms with Gasteiger partial charge in [0.05, 0.1) is 32.8 Å². The fourth-order valence-corrected chi connectivity index (χ4v) is 4.39. The second kappa shape index (κ2) is 9.51. The number of fused-ring (bicyclic) bond motifs is 1. The maximum absolute atomic E-state index is 12.9. The number of carbonyl (C=O) groups excluding carboxylic acids is 2. The van der Waals surface area contributed by atoms with E-state index in [1.807, 2.05) is 35.2 Å². The number of methoxy groups -OCH3 is 2. The van der Waals surface area contributed by atoms with Gasteiger partial charge in [0.2, 0.25) is 11.7 Å². The molecule has 1 fully saturated rings. The third kappa shape index (κ3) is 4.52. The minimum absolute atomic E-state index is 0.0324. The molecule has 7 heteroatoms. The van der Waals surface area contributed by atoms with Gasteiger partial charge in [-0.2, -0.15) is 0 Å². The number of benzene rings is 2. The maximum Gasteiger partial charge on any atom is 0.222 e. The van der Waals surface area contributed by atoms with Crippen molar-refractivity contribution in [3.63, 3.8) is 0 Å². The Hall–Kier alpha value is -3.22. The monoisotopic (exact) mass is 439 g/mol. The molecule has 170 valence electrons. The smallest absolute Gasteiger partial charge is 0.222 e. The Morgan fingerprint density at radius 1 is 1.06 bits per heavy atom. The molecule has 2 aliphatic heterocycles. The van der Waals surface area contributed by atoms with Crippen LogP contribution in [0, 0.1) is 0 Å². The van der Waals surface area contributed by atoms with Crippen LogP contribution in [0.1, 0.15) is 42.5 Å². The molecule has 2 aromatic carbocycles. The highest BCUT2D eigenvalue weighted by molar-refractivity contribution is 6.01. The molecule has 0 radical (unpaired) electrons. The summed E-state index contributed by atoms with van der Waals surface area (Å²) in [6.07, 6.45) is 2.61. The molecule has 0 unspecified atom stereocenters. The van der Waals surface area contributed by atoms with Crippen molar-refractivity contribution in [1.29, 1.82) is 0 Å². The number of Topliss-reactive ketones (excluding diaryl/α,β-unsaturated/α-hetero) is 1. The normalized spacial score (nSPS) is 16.8. The predicted molar refractivity (Wildman–Crippen MR) is 119 cm³/mol. The summed E-state index contributed by atoms with van der Waals surface area (Å²) in [6, 6.07) is 13.0. The molecule has 1 spiro atoms. The Bertz CT molecular complexity index is 966. The van der Waals surface area contributed by atoms with Gasteiger partial charge in [0.15, 0.2) is 17.3 Å². The van der Waals surface area contributed by atoms with Gasteiger partial charge in [-0.1, -0.05) is 18.2 Å². The lowest BCUT2D eigenvalue weighted by Gasteiger charge is -2.44. The van der Waals surface area contributed by atoms with Crippen LogP contribution in [0.15, 0.2) is 42.5 Å². The Kier molecular flexibility index (Phi) is 6.53. The van der Waals surface area contributed by atoms with Crippen LogP contribution in [0.2, 0.25) is 0 Å². The second-order valence-electron chi connectivity index (χ2n) is 8.21. The molecular weight excluding hydrogens is 410 g/mol. The number of ketones is 1. The van der Waals surface area contributed by atoms with E-state index in [0.717, 1.165) is 5.75 Å². The number of amides is 1. The first-order valence-electron chi connectivity index (χ1n) is 11.0. The van der Waals surface area contributed by atoms with Crippen molar-refractivity contribution >= 4 is 11.7 Å².